The summed E-state index contributed by atoms with van der Waals surface area (Å²) in [6.07, 6.45) is 0.898. The Morgan fingerprint density at radius 1 is 1.72 bits per heavy atom. The van der Waals surface area contributed by atoms with Gasteiger partial charge in [0.15, 0.2) is 5.57 Å². The quantitative estimate of drug-likeness (QED) is 0.175. The SMILES string of the molecule is CC1(C)C[N+](C=C(C#N)C(=O)O)(C(=N)N)C(=O)N1. The number of aliphatic carboxylic acids is 1. The molecule has 0 bridgehead atoms. The van der Waals surface area contributed by atoms with Crippen molar-refractivity contribution < 1.29 is 19.2 Å². The molecule has 0 aliphatic carbocycles. The van der Waals surface area contributed by atoms with E-state index in [1.165, 1.54) is 6.07 Å². The van der Waals surface area contributed by atoms with Gasteiger partial charge in [-0.2, -0.15) is 5.26 Å². The van der Waals surface area contributed by atoms with Gasteiger partial charge in [0.1, 0.15) is 18.8 Å². The second-order valence-corrected chi connectivity index (χ2v) is 4.69. The van der Waals surface area contributed by atoms with Gasteiger partial charge >= 0.3 is 18.0 Å². The van der Waals surface area contributed by atoms with Gasteiger partial charge in [-0.05, 0) is 13.8 Å². The summed E-state index contributed by atoms with van der Waals surface area (Å²) in [5, 5.41) is 27.6. The number of guanidine groups is 1. The van der Waals surface area contributed by atoms with Crippen molar-refractivity contribution in [3.05, 3.63) is 11.8 Å². The number of urea groups is 1. The molecule has 1 aliphatic rings. The number of carbonyl (C=O) groups excluding carboxylic acids is 1. The summed E-state index contributed by atoms with van der Waals surface area (Å²) in [6.45, 7) is 3.50. The highest BCUT2D eigenvalue weighted by Crippen LogP contribution is 2.25. The Balaban J connectivity index is 3.37. The molecule has 1 heterocycles. The van der Waals surface area contributed by atoms with Crippen molar-refractivity contribution in [1.82, 2.24) is 5.32 Å². The van der Waals surface area contributed by atoms with E-state index in [1.807, 2.05) is 0 Å². The fourth-order valence-electron chi connectivity index (χ4n) is 1.84. The largest absolute Gasteiger partial charge is 0.477 e. The minimum atomic E-state index is -1.46. The summed E-state index contributed by atoms with van der Waals surface area (Å²) >= 11 is 0. The van der Waals surface area contributed by atoms with Crippen LogP contribution in [0.25, 0.3) is 0 Å². The molecule has 0 aromatic carbocycles. The van der Waals surface area contributed by atoms with E-state index in [0.717, 1.165) is 6.20 Å². The Hall–Kier alpha value is -2.40. The van der Waals surface area contributed by atoms with Crippen molar-refractivity contribution in [3.8, 4) is 6.07 Å². The number of nitriles is 1. The summed E-state index contributed by atoms with van der Waals surface area (Å²) < 4.78 is -0.803. The van der Waals surface area contributed by atoms with Crippen LogP contribution in [0.2, 0.25) is 0 Å². The fourth-order valence-corrected chi connectivity index (χ4v) is 1.84. The maximum atomic E-state index is 11.9. The first-order valence-corrected chi connectivity index (χ1v) is 5.06. The van der Waals surface area contributed by atoms with Crippen LogP contribution in [0.4, 0.5) is 4.79 Å². The lowest BCUT2D eigenvalue weighted by atomic mass is 10.1. The monoisotopic (exact) mass is 252 g/mol. The maximum absolute atomic E-state index is 11.9. The van der Waals surface area contributed by atoms with Crippen molar-refractivity contribution in [2.24, 2.45) is 5.73 Å². The zero-order chi connectivity index (χ0) is 14.1. The summed E-state index contributed by atoms with van der Waals surface area (Å²) in [4.78, 5) is 22.7. The minimum Gasteiger partial charge on any atom is -0.477 e. The van der Waals surface area contributed by atoms with E-state index >= 15 is 0 Å². The molecule has 18 heavy (non-hydrogen) atoms. The van der Waals surface area contributed by atoms with Gasteiger partial charge < -0.3 is 10.8 Å². The van der Waals surface area contributed by atoms with Crippen LogP contribution in [-0.4, -0.2) is 39.6 Å². The number of carbonyl (C=O) groups is 2. The third kappa shape index (κ3) is 2.16. The molecule has 1 aliphatic heterocycles. The van der Waals surface area contributed by atoms with Gasteiger partial charge in [-0.25, -0.2) is 15.0 Å². The van der Waals surface area contributed by atoms with Gasteiger partial charge in [-0.1, -0.05) is 0 Å². The maximum Gasteiger partial charge on any atom is 0.429 e. The zero-order valence-electron chi connectivity index (χ0n) is 10.0. The third-order valence-electron chi connectivity index (χ3n) is 2.58. The van der Waals surface area contributed by atoms with Crippen LogP contribution in [-0.2, 0) is 4.79 Å². The fraction of sp³-hybridized carbons (Fsp3) is 0.400. The first-order chi connectivity index (χ1) is 8.14. The van der Waals surface area contributed by atoms with Gasteiger partial charge in [0, 0.05) is 0 Å². The van der Waals surface area contributed by atoms with Crippen LogP contribution in [0.1, 0.15) is 13.8 Å². The lowest BCUT2D eigenvalue weighted by Crippen LogP contribution is -2.54. The Kier molecular flexibility index (Phi) is 3.13. The van der Waals surface area contributed by atoms with Crippen LogP contribution in [0.5, 0.6) is 0 Å². The predicted octanol–water partition coefficient (Wildman–Crippen LogP) is -0.309. The number of nitrogens with one attached hydrogen (secondary N) is 2. The molecule has 1 saturated heterocycles. The lowest BCUT2D eigenvalue weighted by molar-refractivity contribution is -0.695. The molecule has 0 aromatic rings. The highest BCUT2D eigenvalue weighted by atomic mass is 16.4. The third-order valence-corrected chi connectivity index (χ3v) is 2.58. The van der Waals surface area contributed by atoms with Crippen molar-refractivity contribution in [3.63, 3.8) is 0 Å². The van der Waals surface area contributed by atoms with E-state index in [9.17, 15) is 9.59 Å². The number of nitrogens with two attached hydrogens (primary N) is 1. The summed E-state index contributed by atoms with van der Waals surface area (Å²) in [5.41, 5.74) is 4.13. The van der Waals surface area contributed by atoms with E-state index in [1.54, 1.807) is 13.8 Å². The van der Waals surface area contributed by atoms with E-state index in [2.05, 4.69) is 5.32 Å². The molecule has 1 atom stereocenters. The molecule has 8 heteroatoms. The molecule has 1 unspecified atom stereocenters. The van der Waals surface area contributed by atoms with Gasteiger partial charge in [-0.15, -0.1) is 4.48 Å². The number of quaternary nitrogens is 1. The lowest BCUT2D eigenvalue weighted by Gasteiger charge is -2.23. The van der Waals surface area contributed by atoms with E-state index in [0.29, 0.717) is 0 Å². The van der Waals surface area contributed by atoms with Crippen LogP contribution in [0.3, 0.4) is 0 Å². The van der Waals surface area contributed by atoms with Crippen LogP contribution in [0, 0.1) is 16.7 Å². The first kappa shape index (κ1) is 13.7. The number of rotatable bonds is 2. The highest BCUT2D eigenvalue weighted by molar-refractivity contribution is 5.92. The average Bonchev–Trinajstić information content (AvgIpc) is 2.45. The smallest absolute Gasteiger partial charge is 0.429 e. The van der Waals surface area contributed by atoms with Gasteiger partial charge in [0.2, 0.25) is 0 Å². The molecule has 0 saturated carbocycles. The topological polar surface area (TPSA) is 140 Å². The highest BCUT2D eigenvalue weighted by Gasteiger charge is 2.53. The van der Waals surface area contributed by atoms with Gasteiger partial charge in [0.25, 0.3) is 0 Å². The van der Waals surface area contributed by atoms with Gasteiger partial charge in [0.05, 0.1) is 5.54 Å². The predicted molar refractivity (Wildman–Crippen MR) is 61.0 cm³/mol. The summed E-state index contributed by atoms with van der Waals surface area (Å²) in [5.74, 6) is -2.00. The Labute approximate surface area is 103 Å². The van der Waals surface area contributed by atoms with Gasteiger partial charge in [-0.3, -0.25) is 5.32 Å². The zero-order valence-corrected chi connectivity index (χ0v) is 10.0. The van der Waals surface area contributed by atoms with E-state index < -0.39 is 33.6 Å². The minimum absolute atomic E-state index is 0.0691. The molecule has 0 spiro atoms. The summed E-state index contributed by atoms with van der Waals surface area (Å²) in [6, 6.07) is 0.846. The molecule has 8 nitrogen and oxygen atoms in total. The van der Waals surface area contributed by atoms with Crippen molar-refractivity contribution in [2.75, 3.05) is 6.54 Å². The Morgan fingerprint density at radius 2 is 2.28 bits per heavy atom. The number of nitrogens with zero attached hydrogens (tertiary/aromatic N) is 2. The second-order valence-electron chi connectivity index (χ2n) is 4.69. The van der Waals surface area contributed by atoms with Crippen LogP contribution < -0.4 is 11.1 Å². The number of carboxylic acid groups (broad SMARTS) is 1. The summed E-state index contributed by atoms with van der Waals surface area (Å²) in [7, 11) is 0. The van der Waals surface area contributed by atoms with Crippen molar-refractivity contribution in [1.29, 1.82) is 10.7 Å². The van der Waals surface area contributed by atoms with Crippen molar-refractivity contribution in [2.45, 2.75) is 19.4 Å². The van der Waals surface area contributed by atoms with Crippen LogP contribution >= 0.6 is 0 Å². The van der Waals surface area contributed by atoms with E-state index in [4.69, 9.17) is 21.5 Å². The molecule has 0 radical (unpaired) electrons. The molecular formula is C10H14N5O3+. The second kappa shape index (κ2) is 4.12. The standard InChI is InChI=1S/C10H13N5O3/c1-10(2)5-15(8(12)13,9(18)14-10)4-6(3-11)7(16)17/h4H,5H2,1-2H3,(H4-,12,13,14,16,17,18)/p+1. The molecular weight excluding hydrogens is 238 g/mol. The molecule has 2 amide bonds. The Morgan fingerprint density at radius 3 is 2.56 bits per heavy atom. The van der Waals surface area contributed by atoms with Crippen molar-refractivity contribution >= 4 is 18.0 Å². The molecule has 5 N–H and O–H groups in total. The molecule has 1 fully saturated rings. The average molecular weight is 252 g/mol. The number of amides is 2. The number of carboxylic acids is 1. The number of hydrogen-bond acceptors (Lipinski definition) is 4. The number of hydrogen-bond donors (Lipinski definition) is 4. The van der Waals surface area contributed by atoms with E-state index in [-0.39, 0.29) is 6.54 Å². The normalized spacial score (nSPS) is 26.3. The first-order valence-electron chi connectivity index (χ1n) is 5.06. The molecule has 1 rings (SSSR count). The Bertz CT molecular complexity index is 502. The molecule has 0 aromatic heterocycles. The molecule has 96 valence electrons. The van der Waals surface area contributed by atoms with Crippen LogP contribution in [0.15, 0.2) is 11.8 Å².